The molecule has 1 aromatic rings. The topological polar surface area (TPSA) is 80.3 Å². The second kappa shape index (κ2) is 5.19. The molecule has 2 rings (SSSR count). The summed E-state index contributed by atoms with van der Waals surface area (Å²) in [5.74, 6) is 0.115. The summed E-state index contributed by atoms with van der Waals surface area (Å²) >= 11 is 1.44. The molecule has 0 amide bonds. The van der Waals surface area contributed by atoms with Crippen LogP contribution in [0.25, 0.3) is 0 Å². The van der Waals surface area contributed by atoms with E-state index in [-0.39, 0.29) is 17.5 Å². The number of hydrogen-bond acceptors (Lipinski definition) is 5. The van der Waals surface area contributed by atoms with Crippen molar-refractivity contribution in [3.8, 4) is 0 Å². The van der Waals surface area contributed by atoms with Gasteiger partial charge in [-0.25, -0.2) is 21.6 Å². The van der Waals surface area contributed by atoms with Crippen LogP contribution in [0.1, 0.15) is 17.7 Å². The maximum absolute atomic E-state index is 12.2. The summed E-state index contributed by atoms with van der Waals surface area (Å²) in [6.45, 7) is 1.78. The van der Waals surface area contributed by atoms with E-state index in [1.807, 2.05) is 7.85 Å². The molecule has 1 aromatic heterocycles. The second-order valence-electron chi connectivity index (χ2n) is 4.82. The Hall–Kier alpha value is -0.375. The van der Waals surface area contributed by atoms with Crippen molar-refractivity contribution >= 4 is 43.8 Å². The van der Waals surface area contributed by atoms with E-state index in [1.165, 1.54) is 11.3 Å². The normalized spacial score (nSPS) is 20.5. The molecule has 0 aliphatic carbocycles. The summed E-state index contributed by atoms with van der Waals surface area (Å²) in [4.78, 5) is 1.07. The minimum atomic E-state index is -3.54. The average molecular weight is 321 g/mol. The Kier molecular flexibility index (Phi) is 4.11. The van der Waals surface area contributed by atoms with Crippen LogP contribution in [0.5, 0.6) is 0 Å². The molecule has 0 bridgehead atoms. The first-order chi connectivity index (χ1) is 8.70. The van der Waals surface area contributed by atoms with Crippen molar-refractivity contribution in [2.45, 2.75) is 30.7 Å². The molecule has 0 spiro atoms. The fourth-order valence-corrected chi connectivity index (χ4v) is 6.52. The van der Waals surface area contributed by atoms with Crippen molar-refractivity contribution in [1.82, 2.24) is 4.72 Å². The predicted molar refractivity (Wildman–Crippen MR) is 79.2 cm³/mol. The lowest BCUT2D eigenvalue weighted by atomic mass is 10.1. The Bertz CT molecular complexity index is 664. The van der Waals surface area contributed by atoms with Crippen molar-refractivity contribution in [1.29, 1.82) is 0 Å². The monoisotopic (exact) mass is 321 g/mol. The van der Waals surface area contributed by atoms with E-state index in [0.717, 1.165) is 9.65 Å². The van der Waals surface area contributed by atoms with E-state index >= 15 is 0 Å². The van der Waals surface area contributed by atoms with Gasteiger partial charge in [-0.1, -0.05) is 0 Å². The first kappa shape index (κ1) is 15.0. The summed E-state index contributed by atoms with van der Waals surface area (Å²) in [7, 11) is -4.65. The molecule has 0 unspecified atom stereocenters. The molecule has 1 fully saturated rings. The maximum Gasteiger partial charge on any atom is 0.241 e. The number of rotatable bonds is 3. The minimum absolute atomic E-state index is 0.0574. The first-order valence-corrected chi connectivity index (χ1v) is 10.1. The van der Waals surface area contributed by atoms with Gasteiger partial charge in [-0.3, -0.25) is 0 Å². The van der Waals surface area contributed by atoms with Crippen LogP contribution in [0.3, 0.4) is 0 Å². The molecule has 19 heavy (non-hydrogen) atoms. The Morgan fingerprint density at radius 3 is 2.42 bits per heavy atom. The zero-order chi connectivity index (χ0) is 14.3. The lowest BCUT2D eigenvalue weighted by Gasteiger charge is -2.22. The Labute approximate surface area is 118 Å². The van der Waals surface area contributed by atoms with Crippen LogP contribution in [-0.4, -0.2) is 42.2 Å². The van der Waals surface area contributed by atoms with E-state index in [4.69, 9.17) is 0 Å². The Balaban J connectivity index is 2.13. The maximum atomic E-state index is 12.2. The highest BCUT2D eigenvalue weighted by atomic mass is 32.2. The van der Waals surface area contributed by atoms with Crippen LogP contribution in [0.4, 0.5) is 0 Å². The summed E-state index contributed by atoms with van der Waals surface area (Å²) in [5.41, 5.74) is 0. The number of sulfone groups is 1. The molecule has 5 nitrogen and oxygen atoms in total. The van der Waals surface area contributed by atoms with Gasteiger partial charge in [0.2, 0.25) is 10.0 Å². The van der Waals surface area contributed by atoms with Gasteiger partial charge in [-0.15, -0.1) is 0 Å². The van der Waals surface area contributed by atoms with Crippen molar-refractivity contribution in [2.75, 3.05) is 11.5 Å². The highest BCUT2D eigenvalue weighted by Gasteiger charge is 2.28. The third-order valence-electron chi connectivity index (χ3n) is 3.16. The number of thiophene rings is 1. The molecule has 0 saturated carbocycles. The Morgan fingerprint density at radius 2 is 1.95 bits per heavy atom. The standard InChI is InChI=1S/C10H16BNO4S3/c1-7-9(6-10(11)17-7)19(15,16)12-8-2-4-18(13,14)5-3-8/h6,8,12H,2-5,11H2,1H3. The smallest absolute Gasteiger partial charge is 0.229 e. The first-order valence-electron chi connectivity index (χ1n) is 5.99. The molecular weight excluding hydrogens is 305 g/mol. The lowest BCUT2D eigenvalue weighted by Crippen LogP contribution is -2.40. The fourth-order valence-electron chi connectivity index (χ4n) is 2.17. The van der Waals surface area contributed by atoms with Gasteiger partial charge < -0.3 is 0 Å². The van der Waals surface area contributed by atoms with E-state index in [1.54, 1.807) is 13.0 Å². The molecule has 1 aliphatic rings. The molecule has 106 valence electrons. The van der Waals surface area contributed by atoms with E-state index < -0.39 is 19.9 Å². The van der Waals surface area contributed by atoms with Crippen molar-refractivity contribution in [2.24, 2.45) is 0 Å². The van der Waals surface area contributed by atoms with E-state index in [0.29, 0.717) is 17.7 Å². The zero-order valence-electron chi connectivity index (χ0n) is 10.8. The van der Waals surface area contributed by atoms with E-state index in [2.05, 4.69) is 4.72 Å². The number of sulfonamides is 1. The van der Waals surface area contributed by atoms with E-state index in [9.17, 15) is 16.8 Å². The summed E-state index contributed by atoms with van der Waals surface area (Å²) in [6, 6.07) is 1.37. The van der Waals surface area contributed by atoms with Crippen LogP contribution >= 0.6 is 11.3 Å². The highest BCUT2D eigenvalue weighted by Crippen LogP contribution is 2.20. The van der Waals surface area contributed by atoms with Crippen LogP contribution in [0, 0.1) is 6.92 Å². The van der Waals surface area contributed by atoms with Crippen LogP contribution in [0.15, 0.2) is 11.0 Å². The largest absolute Gasteiger partial charge is 0.241 e. The van der Waals surface area contributed by atoms with Gasteiger partial charge in [0.15, 0.2) is 7.85 Å². The van der Waals surface area contributed by atoms with Gasteiger partial charge in [-0.05, 0) is 30.6 Å². The summed E-state index contributed by atoms with van der Waals surface area (Å²) in [6.07, 6.45) is 0.702. The highest BCUT2D eigenvalue weighted by molar-refractivity contribution is 7.91. The van der Waals surface area contributed by atoms with Gasteiger partial charge >= 0.3 is 0 Å². The number of aryl methyl sites for hydroxylation is 1. The average Bonchev–Trinajstić information content (AvgIpc) is 2.62. The number of hydrogen-bond donors (Lipinski definition) is 1. The van der Waals surface area contributed by atoms with Gasteiger partial charge in [0.25, 0.3) is 0 Å². The van der Waals surface area contributed by atoms with Gasteiger partial charge in [0.05, 0.1) is 16.4 Å². The molecule has 9 heteroatoms. The second-order valence-corrected chi connectivity index (χ2v) is 10.3. The molecular formula is C10H16BNO4S3. The third kappa shape index (κ3) is 3.59. The van der Waals surface area contributed by atoms with Crippen LogP contribution < -0.4 is 9.50 Å². The lowest BCUT2D eigenvalue weighted by molar-refractivity contribution is 0.505. The molecule has 0 atom stereocenters. The quantitative estimate of drug-likeness (QED) is 0.737. The molecule has 1 saturated heterocycles. The predicted octanol–water partition coefficient (Wildman–Crippen LogP) is -0.830. The van der Waals surface area contributed by atoms with Gasteiger partial charge in [0, 0.05) is 10.9 Å². The van der Waals surface area contributed by atoms with Crippen molar-refractivity contribution in [3.05, 3.63) is 10.9 Å². The number of nitrogens with one attached hydrogen (secondary N) is 1. The van der Waals surface area contributed by atoms with Gasteiger partial charge in [-0.2, -0.15) is 11.3 Å². The minimum Gasteiger partial charge on any atom is -0.229 e. The fraction of sp³-hybridized carbons (Fsp3) is 0.600. The molecule has 0 aromatic carbocycles. The zero-order valence-corrected chi connectivity index (χ0v) is 13.3. The molecule has 1 N–H and O–H groups in total. The molecule has 0 radical (unpaired) electrons. The van der Waals surface area contributed by atoms with Crippen LogP contribution in [0.2, 0.25) is 0 Å². The van der Waals surface area contributed by atoms with Crippen molar-refractivity contribution in [3.63, 3.8) is 0 Å². The molecule has 1 aliphatic heterocycles. The third-order valence-corrected chi connectivity index (χ3v) is 7.62. The SMILES string of the molecule is Bc1cc(S(=O)(=O)NC2CCS(=O)(=O)CC2)c(C)s1. The molecule has 2 heterocycles. The Morgan fingerprint density at radius 1 is 1.37 bits per heavy atom. The van der Waals surface area contributed by atoms with Gasteiger partial charge in [0.1, 0.15) is 9.84 Å². The van der Waals surface area contributed by atoms with Crippen LogP contribution in [-0.2, 0) is 19.9 Å². The summed E-state index contributed by atoms with van der Waals surface area (Å²) < 4.78 is 50.7. The van der Waals surface area contributed by atoms with Crippen molar-refractivity contribution < 1.29 is 16.8 Å². The summed E-state index contributed by atoms with van der Waals surface area (Å²) in [5, 5.41) is 0.